The van der Waals surface area contributed by atoms with Crippen molar-refractivity contribution in [3.63, 3.8) is 0 Å². The maximum absolute atomic E-state index is 12.1. The van der Waals surface area contributed by atoms with Gasteiger partial charge in [-0.05, 0) is 18.6 Å². The van der Waals surface area contributed by atoms with Gasteiger partial charge in [0.2, 0.25) is 0 Å². The third kappa shape index (κ3) is 2.30. The van der Waals surface area contributed by atoms with Crippen LogP contribution in [0.3, 0.4) is 0 Å². The molecule has 0 saturated heterocycles. The van der Waals surface area contributed by atoms with Gasteiger partial charge < -0.3 is 14.8 Å². The lowest BCUT2D eigenvalue weighted by Gasteiger charge is -2.10. The Bertz CT molecular complexity index is 668. The van der Waals surface area contributed by atoms with Crippen LogP contribution in [0.2, 0.25) is 0 Å². The third-order valence-corrected chi connectivity index (χ3v) is 3.37. The molecule has 1 aliphatic carbocycles. The number of carbonyl (C=O) groups excluding carboxylic acids is 1. The van der Waals surface area contributed by atoms with Gasteiger partial charge in [-0.1, -0.05) is 30.4 Å². The average molecular weight is 271 g/mol. The zero-order valence-electron chi connectivity index (χ0n) is 10.6. The Labute approximate surface area is 114 Å². The summed E-state index contributed by atoms with van der Waals surface area (Å²) in [5, 5.41) is 12.5. The number of carboxylic acids is 1. The van der Waals surface area contributed by atoms with E-state index < -0.39 is 11.9 Å². The lowest BCUT2D eigenvalue weighted by Crippen LogP contribution is -2.33. The quantitative estimate of drug-likeness (QED) is 0.839. The fourth-order valence-electron chi connectivity index (χ4n) is 2.32. The maximum atomic E-state index is 12.1. The molecular weight excluding hydrogens is 258 g/mol. The molecule has 0 spiro atoms. The number of benzene rings is 1. The normalized spacial score (nSPS) is 21.2. The molecule has 5 heteroatoms. The standard InChI is InChI=1S/C15H13NO4/c17-14(16-11-6-5-10(7-11)15(18)19)13-8-9-3-1-2-4-12(9)20-13/h1-6,8,10-11H,7H2,(H,16,17)(H,18,19). The largest absolute Gasteiger partial charge is 0.481 e. The van der Waals surface area contributed by atoms with Crippen molar-refractivity contribution in [2.75, 3.05) is 0 Å². The van der Waals surface area contributed by atoms with Gasteiger partial charge in [0.1, 0.15) is 5.58 Å². The van der Waals surface area contributed by atoms with Crippen molar-refractivity contribution in [1.29, 1.82) is 0 Å². The number of amides is 1. The molecule has 0 fully saturated rings. The molecule has 5 nitrogen and oxygen atoms in total. The second-order valence-electron chi connectivity index (χ2n) is 4.79. The topological polar surface area (TPSA) is 79.5 Å². The number of para-hydroxylation sites is 1. The Hall–Kier alpha value is -2.56. The zero-order valence-corrected chi connectivity index (χ0v) is 10.6. The van der Waals surface area contributed by atoms with Crippen LogP contribution in [0.4, 0.5) is 0 Å². The minimum atomic E-state index is -0.873. The molecule has 1 heterocycles. The van der Waals surface area contributed by atoms with E-state index in [4.69, 9.17) is 9.52 Å². The van der Waals surface area contributed by atoms with Crippen molar-refractivity contribution in [2.24, 2.45) is 5.92 Å². The summed E-state index contributed by atoms with van der Waals surface area (Å²) in [5.74, 6) is -1.50. The number of carbonyl (C=O) groups is 2. The van der Waals surface area contributed by atoms with Crippen LogP contribution in [-0.2, 0) is 4.79 Å². The molecule has 2 atom stereocenters. The first-order chi connectivity index (χ1) is 9.63. The molecule has 2 aromatic rings. The van der Waals surface area contributed by atoms with E-state index >= 15 is 0 Å². The Morgan fingerprint density at radius 3 is 2.75 bits per heavy atom. The summed E-state index contributed by atoms with van der Waals surface area (Å²) in [4.78, 5) is 22.9. The second kappa shape index (κ2) is 4.85. The molecule has 0 bridgehead atoms. The van der Waals surface area contributed by atoms with E-state index in [2.05, 4.69) is 5.32 Å². The van der Waals surface area contributed by atoms with Crippen LogP contribution < -0.4 is 5.32 Å². The van der Waals surface area contributed by atoms with Gasteiger partial charge in [-0.3, -0.25) is 9.59 Å². The molecule has 1 aromatic heterocycles. The molecule has 1 aromatic carbocycles. The van der Waals surface area contributed by atoms with E-state index in [9.17, 15) is 9.59 Å². The van der Waals surface area contributed by atoms with Gasteiger partial charge >= 0.3 is 5.97 Å². The average Bonchev–Trinajstić information content (AvgIpc) is 3.04. The fourth-order valence-corrected chi connectivity index (χ4v) is 2.32. The Morgan fingerprint density at radius 1 is 1.25 bits per heavy atom. The summed E-state index contributed by atoms with van der Waals surface area (Å²) in [7, 11) is 0. The first kappa shape index (κ1) is 12.5. The summed E-state index contributed by atoms with van der Waals surface area (Å²) in [6, 6.07) is 8.78. The lowest BCUT2D eigenvalue weighted by molar-refractivity contribution is -0.140. The van der Waals surface area contributed by atoms with Crippen molar-refractivity contribution in [3.8, 4) is 0 Å². The van der Waals surface area contributed by atoms with E-state index in [0.29, 0.717) is 12.0 Å². The van der Waals surface area contributed by atoms with E-state index in [1.54, 1.807) is 24.3 Å². The predicted molar refractivity (Wildman–Crippen MR) is 72.4 cm³/mol. The molecule has 1 amide bonds. The summed E-state index contributed by atoms with van der Waals surface area (Å²) in [5.41, 5.74) is 0.656. The first-order valence-corrected chi connectivity index (χ1v) is 6.34. The number of aliphatic carboxylic acids is 1. The molecule has 0 aliphatic heterocycles. The van der Waals surface area contributed by atoms with Crippen LogP contribution in [0.1, 0.15) is 17.0 Å². The van der Waals surface area contributed by atoms with E-state index in [0.717, 1.165) is 5.39 Å². The highest BCUT2D eigenvalue weighted by atomic mass is 16.4. The Balaban J connectivity index is 1.71. The van der Waals surface area contributed by atoms with Gasteiger partial charge in [0.05, 0.1) is 5.92 Å². The van der Waals surface area contributed by atoms with Crippen molar-refractivity contribution in [1.82, 2.24) is 5.32 Å². The second-order valence-corrected chi connectivity index (χ2v) is 4.79. The van der Waals surface area contributed by atoms with Gasteiger partial charge in [-0.15, -0.1) is 0 Å². The van der Waals surface area contributed by atoms with E-state index in [-0.39, 0.29) is 17.7 Å². The first-order valence-electron chi connectivity index (χ1n) is 6.34. The Morgan fingerprint density at radius 2 is 2.05 bits per heavy atom. The minimum Gasteiger partial charge on any atom is -0.481 e. The van der Waals surface area contributed by atoms with Crippen LogP contribution in [0, 0.1) is 5.92 Å². The van der Waals surface area contributed by atoms with Crippen molar-refractivity contribution < 1.29 is 19.1 Å². The highest BCUT2D eigenvalue weighted by molar-refractivity contribution is 5.96. The van der Waals surface area contributed by atoms with Crippen molar-refractivity contribution in [3.05, 3.63) is 48.2 Å². The summed E-state index contributed by atoms with van der Waals surface area (Å²) in [6.07, 6.45) is 3.69. The van der Waals surface area contributed by atoms with Crippen LogP contribution >= 0.6 is 0 Å². The number of hydrogen-bond donors (Lipinski definition) is 2. The highest BCUT2D eigenvalue weighted by Crippen LogP contribution is 2.21. The number of hydrogen-bond acceptors (Lipinski definition) is 3. The third-order valence-electron chi connectivity index (χ3n) is 3.37. The monoisotopic (exact) mass is 271 g/mol. The number of fused-ring (bicyclic) bond motifs is 1. The van der Waals surface area contributed by atoms with Gasteiger partial charge in [0.25, 0.3) is 5.91 Å². The molecular formula is C15H13NO4. The van der Waals surface area contributed by atoms with Gasteiger partial charge in [0.15, 0.2) is 5.76 Å². The van der Waals surface area contributed by atoms with Crippen LogP contribution in [0.25, 0.3) is 11.0 Å². The molecule has 0 radical (unpaired) electrons. The molecule has 2 unspecified atom stereocenters. The summed E-state index contributed by atoms with van der Waals surface area (Å²) in [6.45, 7) is 0. The summed E-state index contributed by atoms with van der Waals surface area (Å²) >= 11 is 0. The van der Waals surface area contributed by atoms with E-state index in [1.165, 1.54) is 0 Å². The molecule has 0 saturated carbocycles. The number of furan rings is 1. The number of carboxylic acid groups (broad SMARTS) is 1. The molecule has 102 valence electrons. The molecule has 3 rings (SSSR count). The highest BCUT2D eigenvalue weighted by Gasteiger charge is 2.26. The Kier molecular flexibility index (Phi) is 3.02. The smallest absolute Gasteiger partial charge is 0.310 e. The SMILES string of the molecule is O=C(NC1C=CC(C(=O)O)C1)c1cc2ccccc2o1. The van der Waals surface area contributed by atoms with Crippen LogP contribution in [0.15, 0.2) is 46.9 Å². The van der Waals surface area contributed by atoms with Crippen LogP contribution in [-0.4, -0.2) is 23.0 Å². The maximum Gasteiger partial charge on any atom is 0.310 e. The summed E-state index contributed by atoms with van der Waals surface area (Å²) < 4.78 is 5.46. The van der Waals surface area contributed by atoms with Gasteiger partial charge in [-0.2, -0.15) is 0 Å². The van der Waals surface area contributed by atoms with E-state index in [1.807, 2.05) is 18.2 Å². The fraction of sp³-hybridized carbons (Fsp3) is 0.200. The molecule has 1 aliphatic rings. The predicted octanol–water partition coefficient (Wildman–Crippen LogP) is 2.19. The van der Waals surface area contributed by atoms with Crippen molar-refractivity contribution >= 4 is 22.8 Å². The van der Waals surface area contributed by atoms with Gasteiger partial charge in [0, 0.05) is 11.4 Å². The van der Waals surface area contributed by atoms with Crippen molar-refractivity contribution in [2.45, 2.75) is 12.5 Å². The lowest BCUT2D eigenvalue weighted by atomic mass is 10.1. The van der Waals surface area contributed by atoms with Crippen LogP contribution in [0.5, 0.6) is 0 Å². The molecule has 2 N–H and O–H groups in total. The minimum absolute atomic E-state index is 0.235. The number of rotatable bonds is 3. The number of nitrogens with one attached hydrogen (secondary N) is 1. The zero-order chi connectivity index (χ0) is 14.1. The molecule has 20 heavy (non-hydrogen) atoms. The van der Waals surface area contributed by atoms with Gasteiger partial charge in [-0.25, -0.2) is 0 Å².